The summed E-state index contributed by atoms with van der Waals surface area (Å²) in [6, 6.07) is 19.1. The highest BCUT2D eigenvalue weighted by atomic mass is 16.5. The second kappa shape index (κ2) is 7.02. The van der Waals surface area contributed by atoms with Crippen LogP contribution in [-0.4, -0.2) is 10.1 Å². The molecule has 2 heterocycles. The topological polar surface area (TPSA) is 69.3 Å². The molecule has 0 amide bonds. The summed E-state index contributed by atoms with van der Waals surface area (Å²) in [6.45, 7) is 9.12. The van der Waals surface area contributed by atoms with Crippen LogP contribution in [0.15, 0.2) is 65.2 Å². The lowest BCUT2D eigenvalue weighted by molar-refractivity contribution is 0.459. The van der Waals surface area contributed by atoms with Crippen molar-refractivity contribution in [2.45, 2.75) is 19.4 Å². The van der Waals surface area contributed by atoms with Gasteiger partial charge in [-0.1, -0.05) is 47.6 Å². The highest BCUT2D eigenvalue weighted by Gasteiger charge is 2.18. The van der Waals surface area contributed by atoms with E-state index in [1.165, 1.54) is 0 Å². The quantitative estimate of drug-likeness (QED) is 0.524. The molecule has 2 aromatic carbocycles. The minimum absolute atomic E-state index is 0.218. The van der Waals surface area contributed by atoms with Gasteiger partial charge in [0.25, 0.3) is 0 Å². The molecular weight excluding hydrogens is 336 g/mol. The Labute approximate surface area is 157 Å². The smallest absolute Gasteiger partial charge is 0.191 e. The molecular formula is C22H18N4O. The predicted molar refractivity (Wildman–Crippen MR) is 105 cm³/mol. The first-order valence-corrected chi connectivity index (χ1v) is 8.70. The van der Waals surface area contributed by atoms with E-state index in [9.17, 15) is 0 Å². The Morgan fingerprint density at radius 1 is 1.11 bits per heavy atom. The van der Waals surface area contributed by atoms with E-state index in [0.29, 0.717) is 17.7 Å². The molecule has 0 bridgehead atoms. The normalized spacial score (nSPS) is 12.0. The number of benzene rings is 2. The van der Waals surface area contributed by atoms with Crippen molar-refractivity contribution in [1.82, 2.24) is 10.1 Å². The van der Waals surface area contributed by atoms with Gasteiger partial charge in [-0.3, -0.25) is 4.98 Å². The summed E-state index contributed by atoms with van der Waals surface area (Å²) < 4.78 is 5.47. The Bertz CT molecular complexity index is 1160. The maximum Gasteiger partial charge on any atom is 0.191 e. The number of pyridine rings is 1. The fourth-order valence-corrected chi connectivity index (χ4v) is 3.27. The third-order valence-electron chi connectivity index (χ3n) is 4.58. The number of nitrogens with two attached hydrogens (primary N) is 1. The van der Waals surface area contributed by atoms with Crippen molar-refractivity contribution in [3.8, 4) is 11.3 Å². The van der Waals surface area contributed by atoms with Gasteiger partial charge in [0.15, 0.2) is 11.3 Å². The maximum absolute atomic E-state index is 7.14. The van der Waals surface area contributed by atoms with E-state index in [1.807, 2.05) is 55.5 Å². The SMILES string of the molecule is [C-]#[N+]c1ccc2c(-c3ccccc3[C@@H](N)Cc3cccc(C)n3)noc2c1. The number of fused-ring (bicyclic) bond motifs is 1. The van der Waals surface area contributed by atoms with Gasteiger partial charge in [-0.2, -0.15) is 0 Å². The van der Waals surface area contributed by atoms with Crippen molar-refractivity contribution >= 4 is 16.7 Å². The first-order valence-electron chi connectivity index (χ1n) is 8.70. The zero-order valence-electron chi connectivity index (χ0n) is 14.9. The zero-order chi connectivity index (χ0) is 18.8. The summed E-state index contributed by atoms with van der Waals surface area (Å²) in [5, 5.41) is 5.13. The molecule has 0 unspecified atom stereocenters. The Morgan fingerprint density at radius 3 is 2.78 bits per heavy atom. The van der Waals surface area contributed by atoms with Crippen LogP contribution in [0.3, 0.4) is 0 Å². The molecule has 0 saturated carbocycles. The van der Waals surface area contributed by atoms with Crippen LogP contribution < -0.4 is 5.73 Å². The van der Waals surface area contributed by atoms with Crippen LogP contribution in [0, 0.1) is 13.5 Å². The van der Waals surface area contributed by atoms with Gasteiger partial charge in [-0.25, -0.2) is 4.85 Å². The van der Waals surface area contributed by atoms with Gasteiger partial charge in [0.1, 0.15) is 5.69 Å². The average Bonchev–Trinajstić information content (AvgIpc) is 3.11. The van der Waals surface area contributed by atoms with Crippen molar-refractivity contribution in [2.75, 3.05) is 0 Å². The Balaban J connectivity index is 1.74. The van der Waals surface area contributed by atoms with E-state index in [2.05, 4.69) is 15.0 Å². The van der Waals surface area contributed by atoms with E-state index in [4.69, 9.17) is 16.8 Å². The number of hydrogen-bond acceptors (Lipinski definition) is 4. The van der Waals surface area contributed by atoms with Gasteiger partial charge >= 0.3 is 0 Å². The summed E-state index contributed by atoms with van der Waals surface area (Å²) in [5.41, 5.74) is 12.3. The molecule has 5 nitrogen and oxygen atoms in total. The van der Waals surface area contributed by atoms with E-state index >= 15 is 0 Å². The first kappa shape index (κ1) is 17.0. The first-order chi connectivity index (χ1) is 13.2. The zero-order valence-corrected chi connectivity index (χ0v) is 14.9. The molecule has 4 rings (SSSR count). The second-order valence-corrected chi connectivity index (χ2v) is 6.49. The Hall–Kier alpha value is -3.49. The number of aromatic nitrogens is 2. The monoisotopic (exact) mass is 354 g/mol. The number of hydrogen-bond donors (Lipinski definition) is 1. The minimum atomic E-state index is -0.218. The molecule has 0 aliphatic carbocycles. The summed E-state index contributed by atoms with van der Waals surface area (Å²) in [7, 11) is 0. The van der Waals surface area contributed by atoms with Gasteiger partial charge in [0, 0.05) is 34.8 Å². The van der Waals surface area contributed by atoms with Gasteiger partial charge < -0.3 is 10.3 Å². The van der Waals surface area contributed by atoms with Crippen molar-refractivity contribution in [3.05, 3.63) is 89.0 Å². The average molecular weight is 354 g/mol. The van der Waals surface area contributed by atoms with Crippen LogP contribution in [0.4, 0.5) is 5.69 Å². The van der Waals surface area contributed by atoms with Gasteiger partial charge in [-0.15, -0.1) is 0 Å². The van der Waals surface area contributed by atoms with Crippen molar-refractivity contribution in [1.29, 1.82) is 0 Å². The van der Waals surface area contributed by atoms with Crippen LogP contribution in [0.1, 0.15) is 23.0 Å². The summed E-state index contributed by atoms with van der Waals surface area (Å²) >= 11 is 0. The number of aryl methyl sites for hydroxylation is 1. The van der Waals surface area contributed by atoms with E-state index < -0.39 is 0 Å². The lowest BCUT2D eigenvalue weighted by Crippen LogP contribution is -2.15. The van der Waals surface area contributed by atoms with Crippen molar-refractivity contribution < 1.29 is 4.52 Å². The van der Waals surface area contributed by atoms with Gasteiger partial charge in [-0.05, 0) is 30.7 Å². The fraction of sp³-hybridized carbons (Fsp3) is 0.136. The fourth-order valence-electron chi connectivity index (χ4n) is 3.27. The summed E-state index contributed by atoms with van der Waals surface area (Å²) in [5.74, 6) is 0. The summed E-state index contributed by atoms with van der Waals surface area (Å²) in [4.78, 5) is 8.00. The molecule has 4 aromatic rings. The number of rotatable bonds is 4. The molecule has 0 saturated heterocycles. The van der Waals surface area contributed by atoms with E-state index in [-0.39, 0.29) is 6.04 Å². The van der Waals surface area contributed by atoms with Crippen LogP contribution in [0.25, 0.3) is 27.1 Å². The highest BCUT2D eigenvalue weighted by Crippen LogP contribution is 2.34. The van der Waals surface area contributed by atoms with Crippen molar-refractivity contribution in [2.24, 2.45) is 5.73 Å². The van der Waals surface area contributed by atoms with Gasteiger partial charge in [0.2, 0.25) is 0 Å². The molecule has 0 radical (unpaired) electrons. The molecule has 2 aromatic heterocycles. The second-order valence-electron chi connectivity index (χ2n) is 6.49. The van der Waals surface area contributed by atoms with Crippen LogP contribution in [-0.2, 0) is 6.42 Å². The molecule has 27 heavy (non-hydrogen) atoms. The summed E-state index contributed by atoms with van der Waals surface area (Å²) in [6.07, 6.45) is 0.635. The van der Waals surface area contributed by atoms with Crippen molar-refractivity contribution in [3.63, 3.8) is 0 Å². The molecule has 0 aliphatic heterocycles. The predicted octanol–water partition coefficient (Wildman–Crippen LogP) is 4.99. The van der Waals surface area contributed by atoms with Crippen LogP contribution in [0.2, 0.25) is 0 Å². The maximum atomic E-state index is 7.14. The molecule has 5 heteroatoms. The van der Waals surface area contributed by atoms with Crippen LogP contribution in [0.5, 0.6) is 0 Å². The minimum Gasteiger partial charge on any atom is -0.357 e. The third kappa shape index (κ3) is 3.31. The Kier molecular flexibility index (Phi) is 4.41. The lowest BCUT2D eigenvalue weighted by atomic mass is 9.94. The number of nitrogens with zero attached hydrogens (tertiary/aromatic N) is 3. The molecule has 2 N–H and O–H groups in total. The molecule has 0 aliphatic rings. The van der Waals surface area contributed by atoms with E-state index in [1.54, 1.807) is 12.1 Å². The van der Waals surface area contributed by atoms with Crippen LogP contribution >= 0.6 is 0 Å². The standard InChI is InChI=1S/C22H18N4O/c1-14-6-5-7-16(25-14)12-20(23)17-8-3-4-9-18(17)22-19-11-10-15(24-2)13-21(19)27-26-22/h3-11,13,20H,12,23H2,1H3/t20-/m0/s1. The molecule has 0 fully saturated rings. The molecule has 132 valence electrons. The largest absolute Gasteiger partial charge is 0.357 e. The Morgan fingerprint density at radius 2 is 1.96 bits per heavy atom. The third-order valence-corrected chi connectivity index (χ3v) is 4.58. The highest BCUT2D eigenvalue weighted by molar-refractivity contribution is 5.94. The lowest BCUT2D eigenvalue weighted by Gasteiger charge is -2.15. The molecule has 1 atom stereocenters. The molecule has 0 spiro atoms. The van der Waals surface area contributed by atoms with E-state index in [0.717, 1.165) is 33.6 Å². The van der Waals surface area contributed by atoms with Gasteiger partial charge in [0.05, 0.1) is 6.57 Å².